The fraction of sp³-hybridized carbons (Fsp3) is 0. The number of nitrogens with one attached hydrogen (secondary N) is 1. The van der Waals surface area contributed by atoms with E-state index in [9.17, 15) is 4.91 Å². The number of halogens is 1. The lowest BCUT2D eigenvalue weighted by molar-refractivity contribution is 1.49. The molecule has 0 radical (unpaired) electrons. The van der Waals surface area contributed by atoms with Crippen LogP contribution in [0.3, 0.4) is 0 Å². The van der Waals surface area contributed by atoms with E-state index in [1.807, 2.05) is 0 Å². The second-order valence-electron chi connectivity index (χ2n) is 1.70. The summed E-state index contributed by atoms with van der Waals surface area (Å²) in [6, 6.07) is 6.73. The van der Waals surface area contributed by atoms with Crippen LogP contribution in [-0.4, -0.2) is 0 Å². The molecule has 0 fully saturated rings. The molecule has 0 spiro atoms. The molecule has 0 atom stereocenters. The van der Waals surface area contributed by atoms with E-state index >= 15 is 0 Å². The minimum Gasteiger partial charge on any atom is -0.296 e. The van der Waals surface area contributed by atoms with Crippen LogP contribution in [0, 0.1) is 4.91 Å². The van der Waals surface area contributed by atoms with Gasteiger partial charge in [-0.2, -0.15) is 0 Å². The van der Waals surface area contributed by atoms with Crippen molar-refractivity contribution in [3.8, 4) is 0 Å². The molecule has 1 rings (SSSR count). The number of anilines is 1. The van der Waals surface area contributed by atoms with Gasteiger partial charge in [0.05, 0.1) is 5.69 Å². The molecule has 0 aliphatic rings. The Morgan fingerprint density at radius 3 is 2.60 bits per heavy atom. The molecule has 10 heavy (non-hydrogen) atoms. The largest absolute Gasteiger partial charge is 0.296 e. The Morgan fingerprint density at radius 2 is 2.10 bits per heavy atom. The Labute approximate surface area is 63.1 Å². The van der Waals surface area contributed by atoms with Gasteiger partial charge >= 0.3 is 0 Å². The molecule has 0 bridgehead atoms. The molecule has 0 aliphatic heterocycles. The van der Waals surface area contributed by atoms with Crippen molar-refractivity contribution in [1.82, 2.24) is 0 Å². The second kappa shape index (κ2) is 3.17. The van der Waals surface area contributed by atoms with E-state index in [1.54, 1.807) is 24.3 Å². The van der Waals surface area contributed by atoms with E-state index in [1.165, 1.54) is 0 Å². The fourth-order valence-corrected chi connectivity index (χ4v) is 0.793. The summed E-state index contributed by atoms with van der Waals surface area (Å²) in [4.78, 5) is 12.4. The summed E-state index contributed by atoms with van der Waals surface area (Å²) in [5, 5.41) is 2.74. The van der Waals surface area contributed by atoms with E-state index in [-0.39, 0.29) is 0 Å². The SMILES string of the molecule is O=Nc1ccccc1NCl. The quantitative estimate of drug-likeness (QED) is 0.528. The third kappa shape index (κ3) is 1.25. The van der Waals surface area contributed by atoms with Gasteiger partial charge in [-0.25, -0.2) is 0 Å². The number of para-hydroxylation sites is 1. The maximum atomic E-state index is 10.0. The van der Waals surface area contributed by atoms with Crippen LogP contribution in [0.4, 0.5) is 11.4 Å². The fourth-order valence-electron chi connectivity index (χ4n) is 0.633. The smallest absolute Gasteiger partial charge is 0.132 e. The number of benzene rings is 1. The van der Waals surface area contributed by atoms with E-state index < -0.39 is 0 Å². The Morgan fingerprint density at radius 1 is 1.40 bits per heavy atom. The first-order valence-electron chi connectivity index (χ1n) is 2.67. The molecule has 52 valence electrons. The first kappa shape index (κ1) is 7.02. The molecule has 0 amide bonds. The minimum absolute atomic E-state index is 0.317. The first-order valence-corrected chi connectivity index (χ1v) is 3.05. The molecule has 0 unspecified atom stereocenters. The molecule has 1 N–H and O–H groups in total. The molecule has 1 aromatic rings. The minimum atomic E-state index is 0.317. The van der Waals surface area contributed by atoms with Gasteiger partial charge in [-0.3, -0.25) is 4.84 Å². The highest BCUT2D eigenvalue weighted by molar-refractivity contribution is 6.24. The highest BCUT2D eigenvalue weighted by Gasteiger charge is 1.96. The second-order valence-corrected chi connectivity index (χ2v) is 1.89. The average molecular weight is 157 g/mol. The van der Waals surface area contributed by atoms with Gasteiger partial charge in [0.25, 0.3) is 0 Å². The summed E-state index contributed by atoms with van der Waals surface area (Å²) in [7, 11) is 0. The summed E-state index contributed by atoms with van der Waals surface area (Å²) < 4.78 is 0. The van der Waals surface area contributed by atoms with Crippen LogP contribution >= 0.6 is 11.8 Å². The van der Waals surface area contributed by atoms with Crippen molar-refractivity contribution in [3.05, 3.63) is 29.2 Å². The zero-order chi connectivity index (χ0) is 7.40. The highest BCUT2D eigenvalue weighted by Crippen LogP contribution is 2.23. The van der Waals surface area contributed by atoms with Crippen molar-refractivity contribution in [1.29, 1.82) is 0 Å². The lowest BCUT2D eigenvalue weighted by Crippen LogP contribution is -1.78. The van der Waals surface area contributed by atoms with Crippen LogP contribution in [0.1, 0.15) is 0 Å². The Bertz CT molecular complexity index is 239. The van der Waals surface area contributed by atoms with Gasteiger partial charge in [0, 0.05) is 11.8 Å². The summed E-state index contributed by atoms with van der Waals surface area (Å²) in [5.41, 5.74) is 0.844. The zero-order valence-corrected chi connectivity index (χ0v) is 5.80. The molecule has 3 nitrogen and oxygen atoms in total. The Hall–Kier alpha value is -1.09. The number of nitrogens with zero attached hydrogens (tertiary/aromatic N) is 1. The number of rotatable bonds is 2. The van der Waals surface area contributed by atoms with Crippen molar-refractivity contribution in [2.75, 3.05) is 4.84 Å². The summed E-state index contributed by atoms with van der Waals surface area (Å²) in [5.74, 6) is 0. The Balaban J connectivity index is 3.08. The number of hydrogen-bond acceptors (Lipinski definition) is 3. The third-order valence-corrected chi connectivity index (χ3v) is 1.31. The predicted molar refractivity (Wildman–Crippen MR) is 41.4 cm³/mol. The van der Waals surface area contributed by atoms with E-state index in [4.69, 9.17) is 11.8 Å². The van der Waals surface area contributed by atoms with Crippen molar-refractivity contribution >= 4 is 23.2 Å². The summed E-state index contributed by atoms with van der Waals surface area (Å²) in [6.45, 7) is 0. The van der Waals surface area contributed by atoms with E-state index in [0.29, 0.717) is 11.4 Å². The van der Waals surface area contributed by atoms with Crippen molar-refractivity contribution in [3.63, 3.8) is 0 Å². The topological polar surface area (TPSA) is 41.5 Å². The van der Waals surface area contributed by atoms with Crippen molar-refractivity contribution < 1.29 is 0 Å². The van der Waals surface area contributed by atoms with Crippen molar-refractivity contribution in [2.45, 2.75) is 0 Å². The lowest BCUT2D eigenvalue weighted by Gasteiger charge is -1.96. The van der Waals surface area contributed by atoms with Crippen LogP contribution in [0.2, 0.25) is 0 Å². The molecule has 1 aromatic carbocycles. The molecule has 0 heterocycles. The predicted octanol–water partition coefficient (Wildman–Crippen LogP) is 2.65. The van der Waals surface area contributed by atoms with Gasteiger partial charge in [0.1, 0.15) is 5.69 Å². The summed E-state index contributed by atoms with van der Waals surface area (Å²) in [6.07, 6.45) is 0. The van der Waals surface area contributed by atoms with Crippen LogP contribution in [-0.2, 0) is 0 Å². The van der Waals surface area contributed by atoms with Gasteiger partial charge in [-0.15, -0.1) is 4.91 Å². The lowest BCUT2D eigenvalue weighted by atomic mass is 10.3. The van der Waals surface area contributed by atoms with Crippen LogP contribution < -0.4 is 4.84 Å². The zero-order valence-electron chi connectivity index (χ0n) is 5.04. The molecule has 4 heteroatoms. The summed E-state index contributed by atoms with van der Waals surface area (Å²) >= 11 is 5.26. The molecule has 0 saturated carbocycles. The molecular weight excluding hydrogens is 152 g/mol. The monoisotopic (exact) mass is 156 g/mol. The van der Waals surface area contributed by atoms with Gasteiger partial charge in [-0.1, -0.05) is 12.1 Å². The van der Waals surface area contributed by atoms with Crippen LogP contribution in [0.25, 0.3) is 0 Å². The standard InChI is InChI=1S/C6H5ClN2O/c7-8-5-3-1-2-4-6(5)9-10/h1-4,8H. The van der Waals surface area contributed by atoms with Gasteiger partial charge < -0.3 is 0 Å². The molecule has 0 aliphatic carbocycles. The number of hydrogen-bond donors (Lipinski definition) is 1. The van der Waals surface area contributed by atoms with Crippen LogP contribution in [0.15, 0.2) is 29.4 Å². The molecule has 0 saturated heterocycles. The Kier molecular flexibility index (Phi) is 2.23. The molecule has 0 aromatic heterocycles. The molecular formula is C6H5ClN2O. The van der Waals surface area contributed by atoms with E-state index in [2.05, 4.69) is 10.0 Å². The first-order chi connectivity index (χ1) is 4.88. The normalized spacial score (nSPS) is 8.90. The van der Waals surface area contributed by atoms with E-state index in [0.717, 1.165) is 0 Å². The number of nitroso groups, excluding NO2 is 1. The van der Waals surface area contributed by atoms with Gasteiger partial charge in [-0.05, 0) is 17.3 Å². The maximum Gasteiger partial charge on any atom is 0.132 e. The maximum absolute atomic E-state index is 10.0. The average Bonchev–Trinajstić information content (AvgIpc) is 2.04. The van der Waals surface area contributed by atoms with Gasteiger partial charge in [0.15, 0.2) is 0 Å². The van der Waals surface area contributed by atoms with Crippen LogP contribution in [0.5, 0.6) is 0 Å². The van der Waals surface area contributed by atoms with Gasteiger partial charge in [0.2, 0.25) is 0 Å². The van der Waals surface area contributed by atoms with Crippen molar-refractivity contribution in [2.24, 2.45) is 5.18 Å². The third-order valence-electron chi connectivity index (χ3n) is 1.10. The highest BCUT2D eigenvalue weighted by atomic mass is 35.5.